The molecule has 2 N–H and O–H groups in total. The smallest absolute Gasteiger partial charge is 0.276 e. The molecular weight excluding hydrogens is 380 g/mol. The van der Waals surface area contributed by atoms with E-state index >= 15 is 0 Å². The summed E-state index contributed by atoms with van der Waals surface area (Å²) in [7, 11) is -0.359. The summed E-state index contributed by atoms with van der Waals surface area (Å²) < 4.78 is 35.6. The van der Waals surface area contributed by atoms with E-state index in [1.807, 2.05) is 24.4 Å². The van der Waals surface area contributed by atoms with Crippen molar-refractivity contribution in [2.45, 2.75) is 19.3 Å². The molecule has 2 aliphatic rings. The Morgan fingerprint density at radius 3 is 2.32 bits per heavy atom. The van der Waals surface area contributed by atoms with Crippen LogP contribution in [0.4, 0.5) is 5.69 Å². The summed E-state index contributed by atoms with van der Waals surface area (Å²) in [5, 5.41) is 6.34. The number of hydrogen-bond acceptors (Lipinski definition) is 6. The zero-order valence-electron chi connectivity index (χ0n) is 16.2. The van der Waals surface area contributed by atoms with E-state index in [4.69, 9.17) is 14.6 Å². The molecule has 152 valence electrons. The van der Waals surface area contributed by atoms with Gasteiger partial charge in [0.05, 0.1) is 19.7 Å². The van der Waals surface area contributed by atoms with Gasteiger partial charge in [0.15, 0.2) is 11.5 Å². The van der Waals surface area contributed by atoms with Gasteiger partial charge in [-0.25, -0.2) is 5.14 Å². The molecule has 0 unspecified atom stereocenters. The molecule has 1 spiro atoms. The topological polar surface area (TPSA) is 98.0 Å². The van der Waals surface area contributed by atoms with Crippen LogP contribution in [-0.4, -0.2) is 58.1 Å². The zero-order valence-corrected chi connectivity index (χ0v) is 17.0. The average Bonchev–Trinajstić information content (AvgIpc) is 3.11. The van der Waals surface area contributed by atoms with Gasteiger partial charge in [0.2, 0.25) is 0 Å². The standard InChI is InChI=1S/C19H26N4O4S/c1-26-17-11-14-15(12-18(17)27-2)21-7-3-16(14)22-8-4-19(5-9-22)6-10-23(13-19)28(20,24)25/h3,7,11-12H,4-6,8-10,13H2,1-2H3,(H2,20,24,25). The third-order valence-corrected chi connectivity index (χ3v) is 7.18. The van der Waals surface area contributed by atoms with Crippen molar-refractivity contribution in [1.29, 1.82) is 0 Å². The SMILES string of the molecule is COc1cc2nccc(N3CCC4(CC3)CCN(S(N)(=O)=O)C4)c2cc1OC. The Morgan fingerprint density at radius 2 is 1.71 bits per heavy atom. The molecule has 9 heteroatoms. The molecular formula is C19H26N4O4S. The number of fused-ring (bicyclic) bond motifs is 1. The molecule has 1 aromatic heterocycles. The van der Waals surface area contributed by atoms with Gasteiger partial charge in [-0.15, -0.1) is 0 Å². The molecule has 2 saturated heterocycles. The number of pyridine rings is 1. The van der Waals surface area contributed by atoms with Gasteiger partial charge < -0.3 is 14.4 Å². The number of ether oxygens (including phenoxy) is 2. The van der Waals surface area contributed by atoms with Crippen molar-refractivity contribution < 1.29 is 17.9 Å². The molecule has 0 radical (unpaired) electrons. The number of methoxy groups -OCH3 is 2. The second-order valence-corrected chi connectivity index (χ2v) is 9.22. The molecule has 0 aliphatic carbocycles. The molecule has 28 heavy (non-hydrogen) atoms. The number of nitrogens with zero attached hydrogens (tertiary/aromatic N) is 3. The highest BCUT2D eigenvalue weighted by molar-refractivity contribution is 7.86. The molecule has 1 aromatic carbocycles. The van der Waals surface area contributed by atoms with Crippen molar-refractivity contribution in [3.8, 4) is 11.5 Å². The number of benzene rings is 1. The van der Waals surface area contributed by atoms with Crippen LogP contribution in [0.1, 0.15) is 19.3 Å². The molecule has 3 heterocycles. The minimum Gasteiger partial charge on any atom is -0.493 e. The van der Waals surface area contributed by atoms with Crippen LogP contribution in [0, 0.1) is 5.41 Å². The van der Waals surface area contributed by atoms with Crippen LogP contribution in [-0.2, 0) is 10.2 Å². The molecule has 2 aliphatic heterocycles. The minimum absolute atomic E-state index is 0.0344. The summed E-state index contributed by atoms with van der Waals surface area (Å²) in [5.74, 6) is 1.34. The molecule has 0 saturated carbocycles. The van der Waals surface area contributed by atoms with Crippen LogP contribution in [0.5, 0.6) is 11.5 Å². The largest absolute Gasteiger partial charge is 0.493 e. The quantitative estimate of drug-likeness (QED) is 0.831. The number of hydrogen-bond donors (Lipinski definition) is 1. The van der Waals surface area contributed by atoms with E-state index in [1.54, 1.807) is 14.2 Å². The zero-order chi connectivity index (χ0) is 19.9. The van der Waals surface area contributed by atoms with E-state index < -0.39 is 10.2 Å². The summed E-state index contributed by atoms with van der Waals surface area (Å²) in [6.07, 6.45) is 4.57. The Balaban J connectivity index is 1.58. The van der Waals surface area contributed by atoms with Gasteiger partial charge in [-0.2, -0.15) is 12.7 Å². The van der Waals surface area contributed by atoms with Crippen molar-refractivity contribution in [1.82, 2.24) is 9.29 Å². The monoisotopic (exact) mass is 406 g/mol. The van der Waals surface area contributed by atoms with Crippen LogP contribution in [0.25, 0.3) is 10.9 Å². The summed E-state index contributed by atoms with van der Waals surface area (Å²) in [6, 6.07) is 5.89. The van der Waals surface area contributed by atoms with Gasteiger partial charge in [0, 0.05) is 49.5 Å². The van der Waals surface area contributed by atoms with Crippen molar-refractivity contribution in [2.24, 2.45) is 10.6 Å². The van der Waals surface area contributed by atoms with E-state index in [1.165, 1.54) is 4.31 Å². The van der Waals surface area contributed by atoms with Gasteiger partial charge in [-0.05, 0) is 36.8 Å². The molecule has 0 bridgehead atoms. The fourth-order valence-electron chi connectivity index (χ4n) is 4.48. The van der Waals surface area contributed by atoms with Crippen molar-refractivity contribution in [3.63, 3.8) is 0 Å². The summed E-state index contributed by atoms with van der Waals surface area (Å²) >= 11 is 0. The lowest BCUT2D eigenvalue weighted by Crippen LogP contribution is -2.43. The van der Waals surface area contributed by atoms with E-state index in [0.717, 1.165) is 48.9 Å². The van der Waals surface area contributed by atoms with Crippen LogP contribution < -0.4 is 19.5 Å². The van der Waals surface area contributed by atoms with Crippen molar-refractivity contribution in [2.75, 3.05) is 45.3 Å². The molecule has 2 fully saturated rings. The highest BCUT2D eigenvalue weighted by Crippen LogP contribution is 2.43. The Labute approximate surface area is 165 Å². The summed E-state index contributed by atoms with van der Waals surface area (Å²) in [5.41, 5.74) is 2.01. The van der Waals surface area contributed by atoms with Crippen LogP contribution in [0.2, 0.25) is 0 Å². The van der Waals surface area contributed by atoms with E-state index in [0.29, 0.717) is 24.6 Å². The van der Waals surface area contributed by atoms with Gasteiger partial charge in [0.1, 0.15) is 0 Å². The lowest BCUT2D eigenvalue weighted by Gasteiger charge is -2.40. The maximum atomic E-state index is 11.7. The Morgan fingerprint density at radius 1 is 1.07 bits per heavy atom. The minimum atomic E-state index is -3.60. The predicted molar refractivity (Wildman–Crippen MR) is 108 cm³/mol. The highest BCUT2D eigenvalue weighted by Gasteiger charge is 2.43. The number of rotatable bonds is 4. The van der Waals surface area contributed by atoms with Crippen LogP contribution in [0.15, 0.2) is 24.4 Å². The number of anilines is 1. The van der Waals surface area contributed by atoms with E-state index in [9.17, 15) is 8.42 Å². The average molecular weight is 407 g/mol. The molecule has 2 aromatic rings. The molecule has 8 nitrogen and oxygen atoms in total. The highest BCUT2D eigenvalue weighted by atomic mass is 32.2. The first kappa shape index (κ1) is 19.2. The normalized spacial score (nSPS) is 20.0. The van der Waals surface area contributed by atoms with Crippen molar-refractivity contribution in [3.05, 3.63) is 24.4 Å². The first-order valence-corrected chi connectivity index (χ1v) is 10.9. The Hall–Kier alpha value is -2.10. The van der Waals surface area contributed by atoms with Gasteiger partial charge in [-0.1, -0.05) is 0 Å². The third kappa shape index (κ3) is 3.38. The second kappa shape index (κ2) is 7.06. The summed E-state index contributed by atoms with van der Waals surface area (Å²) in [4.78, 5) is 6.83. The maximum Gasteiger partial charge on any atom is 0.276 e. The molecule has 0 amide bonds. The lowest BCUT2D eigenvalue weighted by atomic mass is 9.77. The number of aromatic nitrogens is 1. The fourth-order valence-corrected chi connectivity index (χ4v) is 5.27. The van der Waals surface area contributed by atoms with Gasteiger partial charge in [-0.3, -0.25) is 4.98 Å². The number of nitrogens with two attached hydrogens (primary N) is 1. The van der Waals surface area contributed by atoms with Gasteiger partial charge >= 0.3 is 0 Å². The second-order valence-electron chi connectivity index (χ2n) is 7.67. The summed E-state index contributed by atoms with van der Waals surface area (Å²) in [6.45, 7) is 2.79. The first-order valence-electron chi connectivity index (χ1n) is 9.39. The fraction of sp³-hybridized carbons (Fsp3) is 0.526. The Bertz CT molecular complexity index is 987. The van der Waals surface area contributed by atoms with E-state index in [-0.39, 0.29) is 5.41 Å². The maximum absolute atomic E-state index is 11.7. The first-order chi connectivity index (χ1) is 13.3. The van der Waals surface area contributed by atoms with E-state index in [2.05, 4.69) is 9.88 Å². The van der Waals surface area contributed by atoms with Crippen LogP contribution in [0.3, 0.4) is 0 Å². The number of piperidine rings is 1. The van der Waals surface area contributed by atoms with Gasteiger partial charge in [0.25, 0.3) is 10.2 Å². The molecule has 0 atom stereocenters. The van der Waals surface area contributed by atoms with Crippen LogP contribution >= 0.6 is 0 Å². The lowest BCUT2D eigenvalue weighted by molar-refractivity contribution is 0.235. The van der Waals surface area contributed by atoms with Crippen molar-refractivity contribution >= 4 is 26.8 Å². The predicted octanol–water partition coefficient (Wildman–Crippen LogP) is 1.75. The Kier molecular flexibility index (Phi) is 4.84. The molecule has 4 rings (SSSR count). The third-order valence-electron chi connectivity index (χ3n) is 6.15.